The van der Waals surface area contributed by atoms with Gasteiger partial charge in [-0.25, -0.2) is 8.42 Å². The van der Waals surface area contributed by atoms with Gasteiger partial charge in [-0.15, -0.1) is 0 Å². The van der Waals surface area contributed by atoms with E-state index in [0.717, 1.165) is 17.5 Å². The lowest BCUT2D eigenvalue weighted by Crippen LogP contribution is -2.04. The zero-order valence-electron chi connectivity index (χ0n) is 8.27. The van der Waals surface area contributed by atoms with Crippen LogP contribution in [0.25, 0.3) is 6.08 Å². The average Bonchev–Trinajstić information content (AvgIpc) is 2.16. The molecule has 0 bridgehead atoms. The molecule has 0 saturated carbocycles. The van der Waals surface area contributed by atoms with Gasteiger partial charge >= 0.3 is 0 Å². The molecule has 2 nitrogen and oxygen atoms in total. The van der Waals surface area contributed by atoms with E-state index < -0.39 is 9.05 Å². The van der Waals surface area contributed by atoms with Gasteiger partial charge in [-0.3, -0.25) is 0 Å². The summed E-state index contributed by atoms with van der Waals surface area (Å²) in [6.45, 7) is 2.08. The van der Waals surface area contributed by atoms with Crippen LogP contribution in [-0.2, 0) is 9.05 Å². The Labute approximate surface area is 94.0 Å². The van der Waals surface area contributed by atoms with Gasteiger partial charge in [0.25, 0.3) is 9.05 Å². The van der Waals surface area contributed by atoms with Crippen molar-refractivity contribution in [3.63, 3.8) is 0 Å². The molecule has 0 saturated heterocycles. The van der Waals surface area contributed by atoms with Crippen molar-refractivity contribution < 1.29 is 8.42 Å². The summed E-state index contributed by atoms with van der Waals surface area (Å²) in [7, 11) is 1.73. The minimum atomic E-state index is -3.65. The molecule has 0 N–H and O–H groups in total. The Morgan fingerprint density at radius 3 is 2.80 bits per heavy atom. The molecule has 15 heavy (non-hydrogen) atoms. The van der Waals surface area contributed by atoms with Crippen LogP contribution in [-0.4, -0.2) is 8.42 Å². The Kier molecular flexibility index (Phi) is 2.61. The monoisotopic (exact) mass is 242 g/mol. The van der Waals surface area contributed by atoms with Crippen molar-refractivity contribution in [2.75, 3.05) is 0 Å². The predicted molar refractivity (Wildman–Crippen MR) is 61.5 cm³/mol. The number of rotatable bonds is 1. The summed E-state index contributed by atoms with van der Waals surface area (Å²) in [5, 5.41) is 0. The van der Waals surface area contributed by atoms with Crippen LogP contribution in [0.1, 0.15) is 30.4 Å². The highest BCUT2D eigenvalue weighted by molar-refractivity contribution is 8.13. The molecule has 0 amide bonds. The number of halogens is 1. The summed E-state index contributed by atoms with van der Waals surface area (Å²) in [6, 6.07) is 5.24. The fraction of sp³-hybridized carbons (Fsp3) is 0.273. The molecule has 0 aliphatic heterocycles. The molecule has 0 heterocycles. The van der Waals surface area contributed by atoms with Crippen LogP contribution in [0.5, 0.6) is 0 Å². The first-order chi connectivity index (χ1) is 7.00. The van der Waals surface area contributed by atoms with Crippen molar-refractivity contribution in [2.45, 2.75) is 24.2 Å². The van der Waals surface area contributed by atoms with Gasteiger partial charge in [-0.2, -0.15) is 0 Å². The van der Waals surface area contributed by atoms with E-state index >= 15 is 0 Å². The molecule has 1 aromatic carbocycles. The van der Waals surface area contributed by atoms with E-state index in [9.17, 15) is 8.42 Å². The van der Waals surface area contributed by atoms with Gasteiger partial charge in [0, 0.05) is 10.7 Å². The maximum atomic E-state index is 11.3. The number of hydrogen-bond acceptors (Lipinski definition) is 2. The van der Waals surface area contributed by atoms with Crippen LogP contribution < -0.4 is 0 Å². The quantitative estimate of drug-likeness (QED) is 0.709. The Hall–Kier alpha value is -0.800. The van der Waals surface area contributed by atoms with Gasteiger partial charge < -0.3 is 0 Å². The third-order valence-electron chi connectivity index (χ3n) is 2.67. The van der Waals surface area contributed by atoms with E-state index in [2.05, 4.69) is 6.92 Å². The summed E-state index contributed by atoms with van der Waals surface area (Å²) in [5.41, 5.74) is 1.80. The van der Waals surface area contributed by atoms with Gasteiger partial charge in [-0.1, -0.05) is 31.2 Å². The standard InChI is InChI=1S/C11H11ClO2S/c1-8-4-2-6-10-9(8)5-3-7-11(10)15(12,13)14/h2-3,5-8H,4H2,1H3. The number of benzene rings is 1. The van der Waals surface area contributed by atoms with E-state index in [1.54, 1.807) is 12.1 Å². The molecule has 4 heteroatoms. The Bertz CT molecular complexity index is 517. The van der Waals surface area contributed by atoms with Crippen LogP contribution in [0, 0.1) is 0 Å². The fourth-order valence-electron chi connectivity index (χ4n) is 1.90. The minimum Gasteiger partial charge on any atom is -0.207 e. The third kappa shape index (κ3) is 1.94. The molecule has 1 atom stereocenters. The van der Waals surface area contributed by atoms with Gasteiger partial charge in [0.15, 0.2) is 0 Å². The van der Waals surface area contributed by atoms with Crippen molar-refractivity contribution >= 4 is 25.8 Å². The molecule has 2 rings (SSSR count). The van der Waals surface area contributed by atoms with Crippen LogP contribution in [0.4, 0.5) is 0 Å². The van der Waals surface area contributed by atoms with Crippen molar-refractivity contribution in [2.24, 2.45) is 0 Å². The molecule has 0 aromatic heterocycles. The molecule has 1 aromatic rings. The van der Waals surface area contributed by atoms with E-state index in [0.29, 0.717) is 5.92 Å². The van der Waals surface area contributed by atoms with Crippen LogP contribution in [0.3, 0.4) is 0 Å². The lowest BCUT2D eigenvalue weighted by Gasteiger charge is -2.19. The first-order valence-electron chi connectivity index (χ1n) is 4.74. The second-order valence-corrected chi connectivity index (χ2v) is 6.27. The van der Waals surface area contributed by atoms with Gasteiger partial charge in [0.1, 0.15) is 0 Å². The van der Waals surface area contributed by atoms with Crippen LogP contribution >= 0.6 is 10.7 Å². The van der Waals surface area contributed by atoms with E-state index in [-0.39, 0.29) is 4.90 Å². The van der Waals surface area contributed by atoms with E-state index in [4.69, 9.17) is 10.7 Å². The molecule has 1 aliphatic carbocycles. The van der Waals surface area contributed by atoms with Crippen molar-refractivity contribution in [3.8, 4) is 0 Å². The third-order valence-corrected chi connectivity index (χ3v) is 4.05. The Balaban J connectivity index is 2.72. The summed E-state index contributed by atoms with van der Waals surface area (Å²) < 4.78 is 22.7. The molecular formula is C11H11ClO2S. The fourth-order valence-corrected chi connectivity index (χ4v) is 2.99. The largest absolute Gasteiger partial charge is 0.261 e. The summed E-state index contributed by atoms with van der Waals surface area (Å²) in [4.78, 5) is 0.212. The molecular weight excluding hydrogens is 232 g/mol. The lowest BCUT2D eigenvalue weighted by molar-refractivity contribution is 0.609. The second kappa shape index (κ2) is 3.65. The Morgan fingerprint density at radius 2 is 2.13 bits per heavy atom. The highest BCUT2D eigenvalue weighted by Gasteiger charge is 2.20. The summed E-state index contributed by atoms with van der Waals surface area (Å²) in [5.74, 6) is 0.350. The Morgan fingerprint density at radius 1 is 1.40 bits per heavy atom. The van der Waals surface area contributed by atoms with E-state index in [1.807, 2.05) is 18.2 Å². The van der Waals surface area contributed by atoms with Gasteiger partial charge in [-0.05, 0) is 29.5 Å². The first-order valence-corrected chi connectivity index (χ1v) is 7.05. The zero-order chi connectivity index (χ0) is 11.1. The van der Waals surface area contributed by atoms with Crippen LogP contribution in [0.15, 0.2) is 29.2 Å². The smallest absolute Gasteiger partial charge is 0.207 e. The summed E-state index contributed by atoms with van der Waals surface area (Å²) >= 11 is 0. The maximum absolute atomic E-state index is 11.3. The van der Waals surface area contributed by atoms with Crippen molar-refractivity contribution in [3.05, 3.63) is 35.4 Å². The van der Waals surface area contributed by atoms with Crippen molar-refractivity contribution in [1.29, 1.82) is 0 Å². The molecule has 1 aliphatic rings. The SMILES string of the molecule is CC1CC=Cc2c1cccc2S(=O)(=O)Cl. The number of allylic oxidation sites excluding steroid dienone is 1. The van der Waals surface area contributed by atoms with Gasteiger partial charge in [0.05, 0.1) is 4.90 Å². The van der Waals surface area contributed by atoms with Crippen LogP contribution in [0.2, 0.25) is 0 Å². The summed E-state index contributed by atoms with van der Waals surface area (Å²) in [6.07, 6.45) is 4.77. The first kappa shape index (κ1) is 10.7. The number of fused-ring (bicyclic) bond motifs is 1. The number of hydrogen-bond donors (Lipinski definition) is 0. The molecule has 0 spiro atoms. The highest BCUT2D eigenvalue weighted by atomic mass is 35.7. The molecule has 1 unspecified atom stereocenters. The second-order valence-electron chi connectivity index (χ2n) is 3.74. The van der Waals surface area contributed by atoms with E-state index in [1.165, 1.54) is 0 Å². The van der Waals surface area contributed by atoms with Gasteiger partial charge in [0.2, 0.25) is 0 Å². The molecule has 0 fully saturated rings. The topological polar surface area (TPSA) is 34.1 Å². The molecule has 80 valence electrons. The van der Waals surface area contributed by atoms with Crippen molar-refractivity contribution in [1.82, 2.24) is 0 Å². The lowest BCUT2D eigenvalue weighted by atomic mass is 9.89. The zero-order valence-corrected chi connectivity index (χ0v) is 9.85. The predicted octanol–water partition coefficient (Wildman–Crippen LogP) is 3.13. The highest BCUT2D eigenvalue weighted by Crippen LogP contribution is 2.34. The molecule has 0 radical (unpaired) electrons. The maximum Gasteiger partial charge on any atom is 0.261 e. The average molecular weight is 243 g/mol. The normalized spacial score (nSPS) is 20.0. The minimum absolute atomic E-state index is 0.212.